The summed E-state index contributed by atoms with van der Waals surface area (Å²) in [6.45, 7) is 0. The number of anilines is 3. The highest BCUT2D eigenvalue weighted by molar-refractivity contribution is 6.32. The molecule has 0 heterocycles. The summed E-state index contributed by atoms with van der Waals surface area (Å²) in [4.78, 5) is 28.7. The van der Waals surface area contributed by atoms with Crippen LogP contribution in [0.15, 0.2) is 91.0 Å². The van der Waals surface area contributed by atoms with E-state index in [2.05, 4.69) is 0 Å². The van der Waals surface area contributed by atoms with Crippen LogP contribution in [-0.2, 0) is 0 Å². The van der Waals surface area contributed by atoms with Crippen LogP contribution in [-0.4, -0.2) is 21.8 Å². The Bertz CT molecular complexity index is 1290. The largest absolute Gasteiger partial charge is 0.507 e. The molecule has 0 saturated heterocycles. The number of para-hydroxylation sites is 2. The number of nitrogens with zero attached hydrogens (tertiary/aromatic N) is 1. The van der Waals surface area contributed by atoms with Crippen LogP contribution >= 0.6 is 0 Å². The van der Waals surface area contributed by atoms with Crippen molar-refractivity contribution in [3.8, 4) is 11.5 Å². The first-order valence-corrected chi connectivity index (χ1v) is 9.75. The molecule has 4 aromatic carbocycles. The van der Waals surface area contributed by atoms with Gasteiger partial charge in [0.05, 0.1) is 22.4 Å². The van der Waals surface area contributed by atoms with Crippen molar-refractivity contribution >= 4 is 28.6 Å². The molecule has 5 nitrogen and oxygen atoms in total. The summed E-state index contributed by atoms with van der Waals surface area (Å²) >= 11 is 0. The first-order valence-electron chi connectivity index (χ1n) is 9.75. The molecule has 1 aliphatic carbocycles. The van der Waals surface area contributed by atoms with Gasteiger partial charge in [0, 0.05) is 16.9 Å². The van der Waals surface area contributed by atoms with E-state index in [-0.39, 0.29) is 33.8 Å². The highest BCUT2D eigenvalue weighted by Gasteiger charge is 2.37. The average Bonchev–Trinajstić information content (AvgIpc) is 2.80. The number of fused-ring (bicyclic) bond motifs is 2. The van der Waals surface area contributed by atoms with Crippen LogP contribution in [0.1, 0.15) is 31.8 Å². The van der Waals surface area contributed by atoms with Gasteiger partial charge in [-0.1, -0.05) is 48.5 Å². The summed E-state index contributed by atoms with van der Waals surface area (Å²) in [5, 5.41) is 20.6. The fourth-order valence-electron chi connectivity index (χ4n) is 4.04. The van der Waals surface area contributed by atoms with Crippen LogP contribution in [0, 0.1) is 0 Å². The Morgan fingerprint density at radius 1 is 0.516 bits per heavy atom. The Hall–Kier alpha value is -4.38. The van der Waals surface area contributed by atoms with Gasteiger partial charge in [0.1, 0.15) is 11.5 Å². The number of carbonyl (C=O) groups is 2. The molecular formula is C26H17NO4. The van der Waals surface area contributed by atoms with Crippen molar-refractivity contribution in [2.24, 2.45) is 0 Å². The zero-order valence-corrected chi connectivity index (χ0v) is 16.3. The van der Waals surface area contributed by atoms with E-state index in [1.807, 2.05) is 65.6 Å². The lowest BCUT2D eigenvalue weighted by atomic mass is 9.82. The molecule has 0 unspecified atom stereocenters. The van der Waals surface area contributed by atoms with E-state index in [1.165, 1.54) is 12.1 Å². The number of benzene rings is 4. The van der Waals surface area contributed by atoms with Crippen LogP contribution in [0.2, 0.25) is 0 Å². The van der Waals surface area contributed by atoms with Crippen molar-refractivity contribution in [2.75, 3.05) is 4.90 Å². The van der Waals surface area contributed by atoms with Crippen molar-refractivity contribution in [3.05, 3.63) is 113 Å². The van der Waals surface area contributed by atoms with E-state index in [0.717, 1.165) is 11.4 Å². The molecule has 5 rings (SSSR count). The van der Waals surface area contributed by atoms with E-state index >= 15 is 0 Å². The Labute approximate surface area is 178 Å². The standard InChI is InChI=1S/C26H17NO4/c28-20-14-15-21(29)24-23(20)25(30)18-12-7-13-19(22(18)26(24)31)27(16-8-3-1-4-9-16)17-10-5-2-6-11-17/h1-15,28-29H. The molecule has 31 heavy (non-hydrogen) atoms. The molecule has 0 amide bonds. The average molecular weight is 407 g/mol. The number of carbonyl (C=O) groups excluding carboxylic acids is 2. The Balaban J connectivity index is 1.80. The van der Waals surface area contributed by atoms with Crippen molar-refractivity contribution in [1.82, 2.24) is 0 Å². The number of ketones is 2. The third-order valence-electron chi connectivity index (χ3n) is 5.40. The van der Waals surface area contributed by atoms with Crippen molar-refractivity contribution < 1.29 is 19.8 Å². The Morgan fingerprint density at radius 3 is 1.58 bits per heavy atom. The second kappa shape index (κ2) is 7.15. The topological polar surface area (TPSA) is 77.8 Å². The third-order valence-corrected chi connectivity index (χ3v) is 5.40. The number of phenols is 2. The second-order valence-electron chi connectivity index (χ2n) is 7.22. The van der Waals surface area contributed by atoms with E-state index in [0.29, 0.717) is 5.69 Å². The predicted molar refractivity (Wildman–Crippen MR) is 118 cm³/mol. The lowest BCUT2D eigenvalue weighted by molar-refractivity contribution is 0.0974. The minimum atomic E-state index is -0.509. The highest BCUT2D eigenvalue weighted by Crippen LogP contribution is 2.44. The molecule has 0 bridgehead atoms. The maximum atomic E-state index is 13.6. The van der Waals surface area contributed by atoms with Crippen molar-refractivity contribution in [2.45, 2.75) is 0 Å². The number of hydrogen-bond acceptors (Lipinski definition) is 5. The van der Waals surface area contributed by atoms with Crippen molar-refractivity contribution in [1.29, 1.82) is 0 Å². The monoisotopic (exact) mass is 407 g/mol. The van der Waals surface area contributed by atoms with Gasteiger partial charge >= 0.3 is 0 Å². The fourth-order valence-corrected chi connectivity index (χ4v) is 4.04. The molecule has 4 aromatic rings. The minimum Gasteiger partial charge on any atom is -0.507 e. The maximum Gasteiger partial charge on any atom is 0.200 e. The van der Waals surface area contributed by atoms with Crippen LogP contribution in [0.25, 0.3) is 0 Å². The van der Waals surface area contributed by atoms with Gasteiger partial charge in [-0.05, 0) is 42.5 Å². The number of rotatable bonds is 3. The van der Waals surface area contributed by atoms with Crippen LogP contribution in [0.3, 0.4) is 0 Å². The quantitative estimate of drug-likeness (QED) is 0.395. The molecule has 5 heteroatoms. The van der Waals surface area contributed by atoms with E-state index in [9.17, 15) is 19.8 Å². The van der Waals surface area contributed by atoms with Gasteiger partial charge in [0.2, 0.25) is 0 Å². The molecule has 0 radical (unpaired) electrons. The summed E-state index contributed by atoms with van der Waals surface area (Å²) in [6.07, 6.45) is 0. The first kappa shape index (κ1) is 18.6. The Kier molecular flexibility index (Phi) is 4.30. The summed E-state index contributed by atoms with van der Waals surface area (Å²) in [5.74, 6) is -1.67. The summed E-state index contributed by atoms with van der Waals surface area (Å²) in [7, 11) is 0. The van der Waals surface area contributed by atoms with Gasteiger partial charge in [0.25, 0.3) is 0 Å². The molecular weight excluding hydrogens is 390 g/mol. The van der Waals surface area contributed by atoms with E-state index in [1.54, 1.807) is 18.2 Å². The fraction of sp³-hybridized carbons (Fsp3) is 0. The smallest absolute Gasteiger partial charge is 0.200 e. The van der Waals surface area contributed by atoms with Crippen LogP contribution in [0.4, 0.5) is 17.1 Å². The van der Waals surface area contributed by atoms with E-state index in [4.69, 9.17) is 0 Å². The Morgan fingerprint density at radius 2 is 1.03 bits per heavy atom. The molecule has 150 valence electrons. The summed E-state index contributed by atoms with van der Waals surface area (Å²) in [6, 6.07) is 26.5. The SMILES string of the molecule is O=C1c2cccc(N(c3ccccc3)c3ccccc3)c2C(=O)c2c(O)ccc(O)c21. The maximum absolute atomic E-state index is 13.6. The number of hydrogen-bond donors (Lipinski definition) is 2. The molecule has 0 fully saturated rings. The van der Waals surface area contributed by atoms with Gasteiger partial charge in [-0.3, -0.25) is 9.59 Å². The highest BCUT2D eigenvalue weighted by atomic mass is 16.3. The number of phenolic OH excluding ortho intramolecular Hbond substituents is 2. The predicted octanol–water partition coefficient (Wildman–Crippen LogP) is 5.34. The molecule has 2 N–H and O–H groups in total. The molecule has 0 atom stereocenters. The number of aromatic hydroxyl groups is 2. The molecule has 0 aromatic heterocycles. The minimum absolute atomic E-state index is 0.166. The van der Waals surface area contributed by atoms with Crippen LogP contribution in [0.5, 0.6) is 11.5 Å². The lowest BCUT2D eigenvalue weighted by Gasteiger charge is -2.30. The lowest BCUT2D eigenvalue weighted by Crippen LogP contribution is -2.24. The molecule has 0 spiro atoms. The van der Waals surface area contributed by atoms with Gasteiger partial charge in [-0.15, -0.1) is 0 Å². The molecule has 1 aliphatic rings. The van der Waals surface area contributed by atoms with Gasteiger partial charge in [-0.2, -0.15) is 0 Å². The summed E-state index contributed by atoms with van der Waals surface area (Å²) in [5.41, 5.74) is 2.18. The van der Waals surface area contributed by atoms with Gasteiger partial charge in [0.15, 0.2) is 11.6 Å². The normalized spacial score (nSPS) is 12.3. The molecule has 0 saturated carbocycles. The van der Waals surface area contributed by atoms with Crippen molar-refractivity contribution in [3.63, 3.8) is 0 Å². The zero-order chi connectivity index (χ0) is 21.5. The third kappa shape index (κ3) is 2.87. The van der Waals surface area contributed by atoms with E-state index < -0.39 is 11.6 Å². The zero-order valence-electron chi connectivity index (χ0n) is 16.3. The second-order valence-corrected chi connectivity index (χ2v) is 7.22. The van der Waals surface area contributed by atoms with Crippen LogP contribution < -0.4 is 4.90 Å². The van der Waals surface area contributed by atoms with Gasteiger partial charge < -0.3 is 15.1 Å². The van der Waals surface area contributed by atoms with Gasteiger partial charge in [-0.25, -0.2) is 0 Å². The first-order chi connectivity index (χ1) is 15.1. The summed E-state index contributed by atoms with van der Waals surface area (Å²) < 4.78 is 0. The molecule has 0 aliphatic heterocycles.